The summed E-state index contributed by atoms with van der Waals surface area (Å²) in [6, 6.07) is 13.0. The standard InChI is InChI=1S/C15H18BrN/c1-15(2,3)17-10-11-4-5-13-9-14(16)7-6-12(13)8-11/h4-9,17H,10H2,1-3H3. The highest BCUT2D eigenvalue weighted by atomic mass is 79.9. The third-order valence-electron chi connectivity index (χ3n) is 2.69. The van der Waals surface area contributed by atoms with Gasteiger partial charge in [-0.25, -0.2) is 0 Å². The highest BCUT2D eigenvalue weighted by molar-refractivity contribution is 9.10. The molecule has 0 radical (unpaired) electrons. The first kappa shape index (κ1) is 12.6. The first-order valence-corrected chi connectivity index (χ1v) is 6.67. The smallest absolute Gasteiger partial charge is 0.0210 e. The Bertz CT molecular complexity index is 526. The van der Waals surface area contributed by atoms with Crippen molar-refractivity contribution in [3.05, 3.63) is 46.4 Å². The molecule has 2 aromatic carbocycles. The molecule has 90 valence electrons. The van der Waals surface area contributed by atoms with Crippen molar-refractivity contribution in [2.24, 2.45) is 0 Å². The lowest BCUT2D eigenvalue weighted by Crippen LogP contribution is -2.35. The molecule has 0 saturated heterocycles. The van der Waals surface area contributed by atoms with Gasteiger partial charge in [-0.3, -0.25) is 0 Å². The topological polar surface area (TPSA) is 12.0 Å². The van der Waals surface area contributed by atoms with Crippen molar-refractivity contribution in [1.82, 2.24) is 5.32 Å². The van der Waals surface area contributed by atoms with E-state index in [2.05, 4.69) is 78.4 Å². The molecule has 0 atom stereocenters. The Morgan fingerprint density at radius 1 is 1.00 bits per heavy atom. The van der Waals surface area contributed by atoms with Crippen molar-refractivity contribution in [3.63, 3.8) is 0 Å². The van der Waals surface area contributed by atoms with Crippen LogP contribution in [0, 0.1) is 0 Å². The molecule has 0 aromatic heterocycles. The van der Waals surface area contributed by atoms with Gasteiger partial charge in [0.15, 0.2) is 0 Å². The van der Waals surface area contributed by atoms with E-state index in [4.69, 9.17) is 0 Å². The number of benzene rings is 2. The van der Waals surface area contributed by atoms with E-state index in [-0.39, 0.29) is 5.54 Å². The fourth-order valence-corrected chi connectivity index (χ4v) is 2.12. The molecule has 0 amide bonds. The first-order valence-electron chi connectivity index (χ1n) is 5.87. The molecular weight excluding hydrogens is 274 g/mol. The fraction of sp³-hybridized carbons (Fsp3) is 0.333. The third-order valence-corrected chi connectivity index (χ3v) is 3.18. The van der Waals surface area contributed by atoms with Crippen LogP contribution in [0.3, 0.4) is 0 Å². The van der Waals surface area contributed by atoms with Gasteiger partial charge in [-0.2, -0.15) is 0 Å². The maximum absolute atomic E-state index is 3.50. The van der Waals surface area contributed by atoms with Crippen molar-refractivity contribution in [3.8, 4) is 0 Å². The highest BCUT2D eigenvalue weighted by Crippen LogP contribution is 2.21. The summed E-state index contributed by atoms with van der Waals surface area (Å²) < 4.78 is 1.13. The number of nitrogens with one attached hydrogen (secondary N) is 1. The Morgan fingerprint density at radius 3 is 2.35 bits per heavy atom. The molecule has 0 saturated carbocycles. The summed E-state index contributed by atoms with van der Waals surface area (Å²) in [7, 11) is 0. The zero-order valence-corrected chi connectivity index (χ0v) is 12.1. The summed E-state index contributed by atoms with van der Waals surface area (Å²) in [5.74, 6) is 0. The van der Waals surface area contributed by atoms with Crippen molar-refractivity contribution >= 4 is 26.7 Å². The van der Waals surface area contributed by atoms with Crippen molar-refractivity contribution < 1.29 is 0 Å². The lowest BCUT2D eigenvalue weighted by molar-refractivity contribution is 0.424. The zero-order chi connectivity index (χ0) is 12.5. The lowest BCUT2D eigenvalue weighted by Gasteiger charge is -2.20. The molecule has 0 bridgehead atoms. The summed E-state index contributed by atoms with van der Waals surface area (Å²) >= 11 is 3.50. The van der Waals surface area contributed by atoms with Crippen LogP contribution in [0.15, 0.2) is 40.9 Å². The van der Waals surface area contributed by atoms with Gasteiger partial charge < -0.3 is 5.32 Å². The Morgan fingerprint density at radius 2 is 1.65 bits per heavy atom. The second-order valence-corrected chi connectivity index (χ2v) is 6.35. The van der Waals surface area contributed by atoms with Crippen LogP contribution in [-0.4, -0.2) is 5.54 Å². The van der Waals surface area contributed by atoms with Gasteiger partial charge >= 0.3 is 0 Å². The lowest BCUT2D eigenvalue weighted by atomic mass is 10.1. The number of hydrogen-bond acceptors (Lipinski definition) is 1. The van der Waals surface area contributed by atoms with E-state index in [1.54, 1.807) is 0 Å². The maximum Gasteiger partial charge on any atom is 0.0210 e. The average Bonchev–Trinajstić information content (AvgIpc) is 2.25. The van der Waals surface area contributed by atoms with Crippen LogP contribution >= 0.6 is 15.9 Å². The zero-order valence-electron chi connectivity index (χ0n) is 10.5. The van der Waals surface area contributed by atoms with E-state index in [1.165, 1.54) is 16.3 Å². The molecule has 0 fully saturated rings. The van der Waals surface area contributed by atoms with Crippen LogP contribution in [0.1, 0.15) is 26.3 Å². The second kappa shape index (κ2) is 4.79. The minimum absolute atomic E-state index is 0.161. The van der Waals surface area contributed by atoms with Gasteiger partial charge in [0, 0.05) is 16.6 Å². The van der Waals surface area contributed by atoms with E-state index >= 15 is 0 Å². The van der Waals surface area contributed by atoms with Crippen LogP contribution in [0.25, 0.3) is 10.8 Å². The van der Waals surface area contributed by atoms with Gasteiger partial charge in [-0.15, -0.1) is 0 Å². The van der Waals surface area contributed by atoms with Crippen molar-refractivity contribution in [2.45, 2.75) is 32.9 Å². The SMILES string of the molecule is CC(C)(C)NCc1ccc2cc(Br)ccc2c1. The van der Waals surface area contributed by atoms with Gasteiger partial charge in [0.25, 0.3) is 0 Å². The van der Waals surface area contributed by atoms with Crippen LogP contribution in [0.5, 0.6) is 0 Å². The number of fused-ring (bicyclic) bond motifs is 1. The summed E-state index contributed by atoms with van der Waals surface area (Å²) in [4.78, 5) is 0. The van der Waals surface area contributed by atoms with Gasteiger partial charge in [0.2, 0.25) is 0 Å². The molecule has 2 rings (SSSR count). The molecule has 0 spiro atoms. The second-order valence-electron chi connectivity index (χ2n) is 5.43. The van der Waals surface area contributed by atoms with E-state index < -0.39 is 0 Å². The van der Waals surface area contributed by atoms with Crippen molar-refractivity contribution in [2.75, 3.05) is 0 Å². The molecule has 2 heteroatoms. The molecule has 0 aliphatic rings. The van der Waals surface area contributed by atoms with E-state index in [9.17, 15) is 0 Å². The highest BCUT2D eigenvalue weighted by Gasteiger charge is 2.08. The molecule has 2 aromatic rings. The molecule has 1 N–H and O–H groups in total. The molecule has 17 heavy (non-hydrogen) atoms. The maximum atomic E-state index is 3.50. The summed E-state index contributed by atoms with van der Waals surface area (Å²) in [5, 5.41) is 6.07. The normalized spacial score (nSPS) is 12.0. The van der Waals surface area contributed by atoms with Gasteiger partial charge in [-0.1, -0.05) is 34.1 Å². The van der Waals surface area contributed by atoms with E-state index in [0.717, 1.165) is 11.0 Å². The van der Waals surface area contributed by atoms with Crippen LogP contribution in [-0.2, 0) is 6.54 Å². The van der Waals surface area contributed by atoms with Crippen LogP contribution in [0.4, 0.5) is 0 Å². The first-order chi connectivity index (χ1) is 7.94. The molecule has 1 nitrogen and oxygen atoms in total. The number of halogens is 1. The predicted molar refractivity (Wildman–Crippen MR) is 78.2 cm³/mol. The predicted octanol–water partition coefficient (Wildman–Crippen LogP) is 4.49. The molecule has 0 aliphatic carbocycles. The number of hydrogen-bond donors (Lipinski definition) is 1. The molecular formula is C15H18BrN. The molecule has 0 unspecified atom stereocenters. The Hall–Kier alpha value is -0.860. The van der Waals surface area contributed by atoms with E-state index in [0.29, 0.717) is 0 Å². The van der Waals surface area contributed by atoms with Crippen molar-refractivity contribution in [1.29, 1.82) is 0 Å². The van der Waals surface area contributed by atoms with Crippen LogP contribution < -0.4 is 5.32 Å². The third kappa shape index (κ3) is 3.55. The Kier molecular flexibility index (Phi) is 3.55. The minimum atomic E-state index is 0.161. The Balaban J connectivity index is 2.23. The van der Waals surface area contributed by atoms with Crippen LogP contribution in [0.2, 0.25) is 0 Å². The minimum Gasteiger partial charge on any atom is -0.308 e. The van der Waals surface area contributed by atoms with E-state index in [1.807, 2.05) is 0 Å². The summed E-state index contributed by atoms with van der Waals surface area (Å²) in [6.45, 7) is 7.47. The van der Waals surface area contributed by atoms with Gasteiger partial charge in [0.05, 0.1) is 0 Å². The number of rotatable bonds is 2. The molecule has 0 aliphatic heterocycles. The van der Waals surface area contributed by atoms with Gasteiger partial charge in [-0.05, 0) is 55.3 Å². The molecule has 0 heterocycles. The van der Waals surface area contributed by atoms with Gasteiger partial charge in [0.1, 0.15) is 0 Å². The monoisotopic (exact) mass is 291 g/mol. The summed E-state index contributed by atoms with van der Waals surface area (Å²) in [6.07, 6.45) is 0. The average molecular weight is 292 g/mol. The summed E-state index contributed by atoms with van der Waals surface area (Å²) in [5.41, 5.74) is 1.49. The Labute approximate surface area is 111 Å². The largest absolute Gasteiger partial charge is 0.308 e. The quantitative estimate of drug-likeness (QED) is 0.860. The fourth-order valence-electron chi connectivity index (χ4n) is 1.74.